The highest BCUT2D eigenvalue weighted by Crippen LogP contribution is 2.24. The number of sulfonamides is 1. The van der Waals surface area contributed by atoms with Crippen molar-refractivity contribution < 1.29 is 13.2 Å². The van der Waals surface area contributed by atoms with E-state index in [1.165, 1.54) is 4.31 Å². The lowest BCUT2D eigenvalue weighted by Crippen LogP contribution is -2.44. The molecule has 1 unspecified atom stereocenters. The normalized spacial score (nSPS) is 18.2. The summed E-state index contributed by atoms with van der Waals surface area (Å²) in [5.41, 5.74) is 2.47. The zero-order chi connectivity index (χ0) is 19.4. The second kappa shape index (κ2) is 8.54. The van der Waals surface area contributed by atoms with Crippen molar-refractivity contribution in [1.29, 1.82) is 0 Å². The summed E-state index contributed by atoms with van der Waals surface area (Å²) in [6.07, 6.45) is 1.37. The van der Waals surface area contributed by atoms with E-state index in [0.717, 1.165) is 15.6 Å². The second-order valence-corrected chi connectivity index (χ2v) is 9.76. The number of nitrogens with zero attached hydrogens (tertiary/aromatic N) is 1. The SMILES string of the molecule is Cc1ccccc1CS(=O)(=O)N1CCCC(C(=O)Nc2cccc(Br)c2)C1. The van der Waals surface area contributed by atoms with Gasteiger partial charge in [0, 0.05) is 23.2 Å². The topological polar surface area (TPSA) is 66.5 Å². The first kappa shape index (κ1) is 20.0. The number of benzene rings is 2. The van der Waals surface area contributed by atoms with Crippen LogP contribution in [0.15, 0.2) is 53.0 Å². The minimum absolute atomic E-state index is 0.0281. The Labute approximate surface area is 169 Å². The molecule has 0 aromatic heterocycles. The Balaban J connectivity index is 1.68. The molecule has 2 aromatic carbocycles. The van der Waals surface area contributed by atoms with Crippen LogP contribution < -0.4 is 5.32 Å². The third-order valence-electron chi connectivity index (χ3n) is 4.84. The highest BCUT2D eigenvalue weighted by Gasteiger charge is 2.32. The van der Waals surface area contributed by atoms with Crippen molar-refractivity contribution in [3.8, 4) is 0 Å². The van der Waals surface area contributed by atoms with Crippen LogP contribution in [0, 0.1) is 12.8 Å². The molecule has 1 saturated heterocycles. The van der Waals surface area contributed by atoms with Gasteiger partial charge in [-0.3, -0.25) is 4.79 Å². The van der Waals surface area contributed by atoms with Gasteiger partial charge in [0.1, 0.15) is 0 Å². The first-order chi connectivity index (χ1) is 12.8. The molecule has 5 nitrogen and oxygen atoms in total. The number of anilines is 1. The second-order valence-electron chi connectivity index (χ2n) is 6.88. The Morgan fingerprint density at radius 1 is 1.22 bits per heavy atom. The Morgan fingerprint density at radius 2 is 2.00 bits per heavy atom. The molecule has 0 bridgehead atoms. The number of carbonyl (C=O) groups excluding carboxylic acids is 1. The van der Waals surface area contributed by atoms with Crippen LogP contribution >= 0.6 is 15.9 Å². The van der Waals surface area contributed by atoms with Crippen LogP contribution in [0.2, 0.25) is 0 Å². The third kappa shape index (κ3) is 5.18. The number of halogens is 1. The summed E-state index contributed by atoms with van der Waals surface area (Å²) >= 11 is 3.38. The van der Waals surface area contributed by atoms with Crippen molar-refractivity contribution >= 4 is 37.5 Å². The summed E-state index contributed by atoms with van der Waals surface area (Å²) in [4.78, 5) is 12.6. The van der Waals surface area contributed by atoms with E-state index in [-0.39, 0.29) is 24.1 Å². The molecule has 1 fully saturated rings. The summed E-state index contributed by atoms with van der Waals surface area (Å²) in [5.74, 6) is -0.507. The summed E-state index contributed by atoms with van der Waals surface area (Å²) < 4.78 is 28.1. The van der Waals surface area contributed by atoms with Gasteiger partial charge in [-0.15, -0.1) is 0 Å². The number of aryl methyl sites for hydroxylation is 1. The molecule has 7 heteroatoms. The molecule has 0 radical (unpaired) electrons. The predicted octanol–water partition coefficient (Wildman–Crippen LogP) is 3.94. The fourth-order valence-corrected chi connectivity index (χ4v) is 5.39. The molecule has 1 N–H and O–H groups in total. The molecule has 144 valence electrons. The maximum absolute atomic E-state index is 12.9. The van der Waals surface area contributed by atoms with Gasteiger partial charge in [0.05, 0.1) is 11.7 Å². The number of hydrogen-bond acceptors (Lipinski definition) is 3. The fraction of sp³-hybridized carbons (Fsp3) is 0.350. The van der Waals surface area contributed by atoms with Crippen LogP contribution in [0.5, 0.6) is 0 Å². The summed E-state index contributed by atoms with van der Waals surface area (Å²) in [6, 6.07) is 14.9. The molecule has 0 aliphatic carbocycles. The average molecular weight is 451 g/mol. The van der Waals surface area contributed by atoms with Crippen LogP contribution in [0.3, 0.4) is 0 Å². The number of hydrogen-bond donors (Lipinski definition) is 1. The van der Waals surface area contributed by atoms with Crippen molar-refractivity contribution in [3.63, 3.8) is 0 Å². The molecule has 1 aliphatic heterocycles. The fourth-order valence-electron chi connectivity index (χ4n) is 3.28. The molecule has 2 aromatic rings. The lowest BCUT2D eigenvalue weighted by molar-refractivity contribution is -0.120. The number of rotatable bonds is 5. The van der Waals surface area contributed by atoms with Crippen LogP contribution in [-0.2, 0) is 20.6 Å². The highest BCUT2D eigenvalue weighted by molar-refractivity contribution is 9.10. The van der Waals surface area contributed by atoms with Gasteiger partial charge in [-0.25, -0.2) is 12.7 Å². The molecular formula is C20H23BrN2O3S. The zero-order valence-electron chi connectivity index (χ0n) is 15.2. The van der Waals surface area contributed by atoms with Crippen LogP contribution in [0.25, 0.3) is 0 Å². The Hall–Kier alpha value is -1.70. The van der Waals surface area contributed by atoms with Crippen molar-refractivity contribution in [3.05, 3.63) is 64.1 Å². The van der Waals surface area contributed by atoms with Crippen LogP contribution in [0.4, 0.5) is 5.69 Å². The van der Waals surface area contributed by atoms with E-state index in [1.807, 2.05) is 55.5 Å². The minimum atomic E-state index is -3.46. The van der Waals surface area contributed by atoms with Crippen LogP contribution in [-0.4, -0.2) is 31.7 Å². The van der Waals surface area contributed by atoms with Gasteiger partial charge in [-0.2, -0.15) is 0 Å². The summed E-state index contributed by atoms with van der Waals surface area (Å²) in [6.45, 7) is 2.61. The van der Waals surface area contributed by atoms with E-state index >= 15 is 0 Å². The van der Waals surface area contributed by atoms with Crippen molar-refractivity contribution in [2.75, 3.05) is 18.4 Å². The average Bonchev–Trinajstić information content (AvgIpc) is 2.64. The van der Waals surface area contributed by atoms with E-state index in [2.05, 4.69) is 21.2 Å². The molecule has 0 spiro atoms. The first-order valence-corrected chi connectivity index (χ1v) is 11.3. The van der Waals surface area contributed by atoms with E-state index < -0.39 is 10.0 Å². The first-order valence-electron chi connectivity index (χ1n) is 8.94. The molecule has 1 atom stereocenters. The standard InChI is InChI=1S/C20H23BrN2O3S/c1-15-6-2-3-7-17(15)14-27(25,26)23-11-5-8-16(13-23)20(24)22-19-10-4-9-18(21)12-19/h2-4,6-7,9-10,12,16H,5,8,11,13-14H2,1H3,(H,22,24). The molecular weight excluding hydrogens is 428 g/mol. The van der Waals surface area contributed by atoms with Crippen molar-refractivity contribution in [2.45, 2.75) is 25.5 Å². The quantitative estimate of drug-likeness (QED) is 0.749. The van der Waals surface area contributed by atoms with Gasteiger partial charge in [0.2, 0.25) is 15.9 Å². The Bertz CT molecular complexity index is 930. The monoisotopic (exact) mass is 450 g/mol. The molecule has 1 heterocycles. The molecule has 27 heavy (non-hydrogen) atoms. The molecule has 1 aliphatic rings. The van der Waals surface area contributed by atoms with Gasteiger partial charge < -0.3 is 5.32 Å². The van der Waals surface area contributed by atoms with E-state index in [9.17, 15) is 13.2 Å². The largest absolute Gasteiger partial charge is 0.326 e. The Kier molecular flexibility index (Phi) is 6.34. The van der Waals surface area contributed by atoms with E-state index in [4.69, 9.17) is 0 Å². The van der Waals surface area contributed by atoms with Crippen molar-refractivity contribution in [2.24, 2.45) is 5.92 Å². The predicted molar refractivity (Wildman–Crippen MR) is 111 cm³/mol. The van der Waals surface area contributed by atoms with Crippen molar-refractivity contribution in [1.82, 2.24) is 4.31 Å². The van der Waals surface area contributed by atoms with Gasteiger partial charge >= 0.3 is 0 Å². The third-order valence-corrected chi connectivity index (χ3v) is 7.13. The smallest absolute Gasteiger partial charge is 0.228 e. The molecule has 3 rings (SSSR count). The molecule has 1 amide bonds. The van der Waals surface area contributed by atoms with Crippen LogP contribution in [0.1, 0.15) is 24.0 Å². The number of nitrogens with one attached hydrogen (secondary N) is 1. The number of amides is 1. The summed E-state index contributed by atoms with van der Waals surface area (Å²) in [7, 11) is -3.46. The lowest BCUT2D eigenvalue weighted by Gasteiger charge is -2.31. The van der Waals surface area contributed by atoms with E-state index in [0.29, 0.717) is 25.1 Å². The zero-order valence-corrected chi connectivity index (χ0v) is 17.6. The van der Waals surface area contributed by atoms with Gasteiger partial charge in [-0.1, -0.05) is 46.3 Å². The maximum Gasteiger partial charge on any atom is 0.228 e. The maximum atomic E-state index is 12.9. The Morgan fingerprint density at radius 3 is 2.74 bits per heavy atom. The number of carbonyl (C=O) groups is 1. The lowest BCUT2D eigenvalue weighted by atomic mass is 9.99. The van der Waals surface area contributed by atoms with Gasteiger partial charge in [-0.05, 0) is 49.1 Å². The van der Waals surface area contributed by atoms with E-state index in [1.54, 1.807) is 0 Å². The highest BCUT2D eigenvalue weighted by atomic mass is 79.9. The van der Waals surface area contributed by atoms with Gasteiger partial charge in [0.25, 0.3) is 0 Å². The van der Waals surface area contributed by atoms with Gasteiger partial charge in [0.15, 0.2) is 0 Å². The summed E-state index contributed by atoms with van der Waals surface area (Å²) in [5, 5.41) is 2.89. The molecule has 0 saturated carbocycles. The minimum Gasteiger partial charge on any atom is -0.326 e. The number of piperidine rings is 1.